The number of ether oxygens (including phenoxy) is 1. The Morgan fingerprint density at radius 1 is 1.61 bits per heavy atom. The van der Waals surface area contributed by atoms with Gasteiger partial charge in [0.05, 0.1) is 11.8 Å². The Balaban J connectivity index is 1.83. The van der Waals surface area contributed by atoms with Gasteiger partial charge in [0.25, 0.3) is 0 Å². The summed E-state index contributed by atoms with van der Waals surface area (Å²) in [4.78, 5) is 0. The van der Waals surface area contributed by atoms with Crippen LogP contribution in [0.3, 0.4) is 0 Å². The minimum absolute atomic E-state index is 0.417. The van der Waals surface area contributed by atoms with Crippen LogP contribution in [0.2, 0.25) is 0 Å². The summed E-state index contributed by atoms with van der Waals surface area (Å²) in [7, 11) is 4.01. The van der Waals surface area contributed by atoms with Crippen LogP contribution in [0.5, 0.6) is 0 Å². The zero-order valence-corrected chi connectivity index (χ0v) is 11.8. The standard InChI is InChI=1S/C14H25N3O/c1-11-13(10-17(3)16-11)14(15-2)8-4-6-12-7-5-9-18-12/h10,12,14-15H,4-9H2,1-3H3. The number of nitrogens with one attached hydrogen (secondary N) is 1. The van der Waals surface area contributed by atoms with Crippen LogP contribution >= 0.6 is 0 Å². The van der Waals surface area contributed by atoms with Crippen LogP contribution in [-0.2, 0) is 11.8 Å². The number of hydrogen-bond acceptors (Lipinski definition) is 3. The normalized spacial score (nSPS) is 21.4. The van der Waals surface area contributed by atoms with Crippen molar-refractivity contribution < 1.29 is 4.74 Å². The molecule has 1 fully saturated rings. The molecule has 2 unspecified atom stereocenters. The molecule has 0 spiro atoms. The predicted molar refractivity (Wildman–Crippen MR) is 72.6 cm³/mol. The van der Waals surface area contributed by atoms with E-state index < -0.39 is 0 Å². The highest BCUT2D eigenvalue weighted by atomic mass is 16.5. The molecule has 2 atom stereocenters. The first-order valence-electron chi connectivity index (χ1n) is 6.99. The van der Waals surface area contributed by atoms with Crippen LogP contribution in [0, 0.1) is 6.92 Å². The molecular formula is C14H25N3O. The van der Waals surface area contributed by atoms with E-state index in [4.69, 9.17) is 4.74 Å². The Morgan fingerprint density at radius 2 is 2.44 bits per heavy atom. The maximum Gasteiger partial charge on any atom is 0.0641 e. The van der Waals surface area contributed by atoms with E-state index in [1.807, 2.05) is 18.8 Å². The number of rotatable bonds is 6. The van der Waals surface area contributed by atoms with E-state index in [-0.39, 0.29) is 0 Å². The van der Waals surface area contributed by atoms with Crippen molar-refractivity contribution in [2.75, 3.05) is 13.7 Å². The molecule has 0 aromatic carbocycles. The smallest absolute Gasteiger partial charge is 0.0641 e. The average molecular weight is 251 g/mol. The molecule has 4 nitrogen and oxygen atoms in total. The topological polar surface area (TPSA) is 39.1 Å². The van der Waals surface area contributed by atoms with Crippen LogP contribution in [0.1, 0.15) is 49.4 Å². The van der Waals surface area contributed by atoms with Crippen molar-refractivity contribution in [3.8, 4) is 0 Å². The van der Waals surface area contributed by atoms with Gasteiger partial charge in [0.1, 0.15) is 0 Å². The van der Waals surface area contributed by atoms with E-state index in [2.05, 4.69) is 23.5 Å². The van der Waals surface area contributed by atoms with Gasteiger partial charge in [0.2, 0.25) is 0 Å². The van der Waals surface area contributed by atoms with Crippen molar-refractivity contribution in [1.82, 2.24) is 15.1 Å². The van der Waals surface area contributed by atoms with Crippen LogP contribution < -0.4 is 5.32 Å². The monoisotopic (exact) mass is 251 g/mol. The maximum absolute atomic E-state index is 5.67. The number of aromatic nitrogens is 2. The third-order valence-corrected chi connectivity index (χ3v) is 3.82. The summed E-state index contributed by atoms with van der Waals surface area (Å²) in [5.41, 5.74) is 2.46. The van der Waals surface area contributed by atoms with Gasteiger partial charge in [0.15, 0.2) is 0 Å². The van der Waals surface area contributed by atoms with Gasteiger partial charge in [-0.15, -0.1) is 0 Å². The molecule has 1 N–H and O–H groups in total. The zero-order chi connectivity index (χ0) is 13.0. The highest BCUT2D eigenvalue weighted by molar-refractivity contribution is 5.19. The van der Waals surface area contributed by atoms with Gasteiger partial charge in [0, 0.05) is 31.5 Å². The molecule has 2 heterocycles. The van der Waals surface area contributed by atoms with Crippen LogP contribution in [0.15, 0.2) is 6.20 Å². The SMILES string of the molecule is CNC(CCCC1CCCO1)c1cn(C)nc1C. The Bertz CT molecular complexity index is 369. The minimum Gasteiger partial charge on any atom is -0.378 e. The zero-order valence-electron chi connectivity index (χ0n) is 11.8. The van der Waals surface area contributed by atoms with E-state index >= 15 is 0 Å². The second-order valence-corrected chi connectivity index (χ2v) is 5.25. The van der Waals surface area contributed by atoms with Crippen molar-refractivity contribution in [2.24, 2.45) is 7.05 Å². The molecule has 1 saturated heterocycles. The van der Waals surface area contributed by atoms with Crippen molar-refractivity contribution in [3.63, 3.8) is 0 Å². The molecular weight excluding hydrogens is 226 g/mol. The first-order valence-corrected chi connectivity index (χ1v) is 6.99. The lowest BCUT2D eigenvalue weighted by atomic mass is 10.00. The quantitative estimate of drug-likeness (QED) is 0.843. The lowest BCUT2D eigenvalue weighted by molar-refractivity contribution is 0.101. The predicted octanol–water partition coefficient (Wildman–Crippen LogP) is 2.34. The highest BCUT2D eigenvalue weighted by Crippen LogP contribution is 2.24. The van der Waals surface area contributed by atoms with Gasteiger partial charge in [-0.2, -0.15) is 5.10 Å². The van der Waals surface area contributed by atoms with Crippen molar-refractivity contribution in [3.05, 3.63) is 17.5 Å². The van der Waals surface area contributed by atoms with Gasteiger partial charge in [-0.25, -0.2) is 0 Å². The molecule has 0 bridgehead atoms. The molecule has 0 aliphatic carbocycles. The minimum atomic E-state index is 0.417. The van der Waals surface area contributed by atoms with E-state index in [0.29, 0.717) is 12.1 Å². The molecule has 1 aromatic heterocycles. The fourth-order valence-electron chi connectivity index (χ4n) is 2.84. The third-order valence-electron chi connectivity index (χ3n) is 3.82. The summed E-state index contributed by atoms with van der Waals surface area (Å²) in [5, 5.41) is 7.82. The van der Waals surface area contributed by atoms with Crippen LogP contribution in [0.25, 0.3) is 0 Å². The molecule has 1 aromatic rings. The Morgan fingerprint density at radius 3 is 3.00 bits per heavy atom. The Hall–Kier alpha value is -0.870. The van der Waals surface area contributed by atoms with E-state index in [9.17, 15) is 0 Å². The molecule has 2 rings (SSSR count). The van der Waals surface area contributed by atoms with Gasteiger partial charge in [-0.3, -0.25) is 4.68 Å². The number of aryl methyl sites for hydroxylation is 2. The van der Waals surface area contributed by atoms with E-state index in [1.54, 1.807) is 0 Å². The van der Waals surface area contributed by atoms with Gasteiger partial charge in [-0.1, -0.05) is 0 Å². The molecule has 4 heteroatoms. The molecule has 0 saturated carbocycles. The summed E-state index contributed by atoms with van der Waals surface area (Å²) >= 11 is 0. The first-order chi connectivity index (χ1) is 8.70. The van der Waals surface area contributed by atoms with Gasteiger partial charge >= 0.3 is 0 Å². The fourth-order valence-corrected chi connectivity index (χ4v) is 2.84. The summed E-state index contributed by atoms with van der Waals surface area (Å²) in [6.07, 6.45) is 8.68. The van der Waals surface area contributed by atoms with Crippen molar-refractivity contribution >= 4 is 0 Å². The second-order valence-electron chi connectivity index (χ2n) is 5.25. The Kier molecular flexibility index (Phi) is 4.78. The lowest BCUT2D eigenvalue weighted by Gasteiger charge is -2.16. The molecule has 1 aliphatic heterocycles. The average Bonchev–Trinajstić information content (AvgIpc) is 2.95. The molecule has 102 valence electrons. The summed E-state index contributed by atoms with van der Waals surface area (Å²) < 4.78 is 7.56. The van der Waals surface area contributed by atoms with Crippen LogP contribution in [-0.4, -0.2) is 29.5 Å². The lowest BCUT2D eigenvalue weighted by Crippen LogP contribution is -2.17. The van der Waals surface area contributed by atoms with E-state index in [0.717, 1.165) is 18.7 Å². The van der Waals surface area contributed by atoms with E-state index in [1.165, 1.54) is 31.2 Å². The largest absolute Gasteiger partial charge is 0.378 e. The van der Waals surface area contributed by atoms with Gasteiger partial charge < -0.3 is 10.1 Å². The Labute approximate surface area is 110 Å². The summed E-state index contributed by atoms with van der Waals surface area (Å²) in [6, 6.07) is 0.417. The molecule has 18 heavy (non-hydrogen) atoms. The maximum atomic E-state index is 5.67. The van der Waals surface area contributed by atoms with Crippen molar-refractivity contribution in [2.45, 2.75) is 51.2 Å². The van der Waals surface area contributed by atoms with Crippen molar-refractivity contribution in [1.29, 1.82) is 0 Å². The second kappa shape index (κ2) is 6.34. The van der Waals surface area contributed by atoms with Crippen LogP contribution in [0.4, 0.5) is 0 Å². The highest BCUT2D eigenvalue weighted by Gasteiger charge is 2.18. The third kappa shape index (κ3) is 3.33. The molecule has 1 aliphatic rings. The fraction of sp³-hybridized carbons (Fsp3) is 0.786. The number of hydrogen-bond donors (Lipinski definition) is 1. The molecule has 0 radical (unpaired) electrons. The summed E-state index contributed by atoms with van der Waals surface area (Å²) in [6.45, 7) is 3.04. The number of nitrogens with zero attached hydrogens (tertiary/aromatic N) is 2. The van der Waals surface area contributed by atoms with Gasteiger partial charge in [-0.05, 0) is 46.1 Å². The molecule has 0 amide bonds. The first kappa shape index (κ1) is 13.6. The summed E-state index contributed by atoms with van der Waals surface area (Å²) in [5.74, 6) is 0.